The number of rotatable bonds is 4. The second-order valence-electron chi connectivity index (χ2n) is 6.60. The van der Waals surface area contributed by atoms with Crippen LogP contribution in [0.25, 0.3) is 11.3 Å². The summed E-state index contributed by atoms with van der Waals surface area (Å²) in [5, 5.41) is 13.1. The Balaban J connectivity index is 1.31. The lowest BCUT2D eigenvalue weighted by Gasteiger charge is -2.34. The Labute approximate surface area is 162 Å². The number of aromatic amines is 1. The fourth-order valence-electron chi connectivity index (χ4n) is 3.20. The van der Waals surface area contributed by atoms with Crippen molar-refractivity contribution in [2.75, 3.05) is 31.5 Å². The fraction of sp³-hybridized carbons (Fsp3) is 0.316. The Morgan fingerprint density at radius 3 is 2.81 bits per heavy atom. The van der Waals surface area contributed by atoms with Gasteiger partial charge in [-0.1, -0.05) is 12.1 Å². The topological polar surface area (TPSA) is 77.2 Å². The van der Waals surface area contributed by atoms with Crippen LogP contribution < -0.4 is 5.32 Å². The molecule has 0 saturated carbocycles. The van der Waals surface area contributed by atoms with Gasteiger partial charge in [-0.25, -0.2) is 9.78 Å². The average molecular weight is 382 g/mol. The van der Waals surface area contributed by atoms with Crippen LogP contribution in [0.15, 0.2) is 41.9 Å². The third-order valence-corrected chi connectivity index (χ3v) is 5.46. The SMILES string of the molecule is Cc1nc(CN2CCN(C(=O)Nc3cccc(-c4ccn[nH]4)c3)CC2)cs1. The largest absolute Gasteiger partial charge is 0.322 e. The molecule has 1 aliphatic heterocycles. The highest BCUT2D eigenvalue weighted by Crippen LogP contribution is 2.21. The van der Waals surface area contributed by atoms with Crippen LogP contribution in [0.5, 0.6) is 0 Å². The van der Waals surface area contributed by atoms with Gasteiger partial charge in [-0.2, -0.15) is 5.10 Å². The van der Waals surface area contributed by atoms with Crippen molar-refractivity contribution in [1.29, 1.82) is 0 Å². The van der Waals surface area contributed by atoms with E-state index < -0.39 is 0 Å². The molecule has 1 saturated heterocycles. The summed E-state index contributed by atoms with van der Waals surface area (Å²) in [6.45, 7) is 6.03. The second-order valence-corrected chi connectivity index (χ2v) is 7.66. The number of carbonyl (C=O) groups excluding carboxylic acids is 1. The van der Waals surface area contributed by atoms with E-state index in [2.05, 4.69) is 30.8 Å². The van der Waals surface area contributed by atoms with Gasteiger partial charge in [0.25, 0.3) is 0 Å². The molecule has 8 heteroatoms. The maximum absolute atomic E-state index is 12.6. The summed E-state index contributed by atoms with van der Waals surface area (Å²) in [6, 6.07) is 9.62. The number of piperazine rings is 1. The summed E-state index contributed by atoms with van der Waals surface area (Å²) in [5.41, 5.74) is 3.82. The summed E-state index contributed by atoms with van der Waals surface area (Å²) in [4.78, 5) is 21.3. The molecular formula is C19H22N6OS. The third-order valence-electron chi connectivity index (χ3n) is 4.64. The van der Waals surface area contributed by atoms with Crippen molar-refractivity contribution in [3.8, 4) is 11.3 Å². The summed E-state index contributed by atoms with van der Waals surface area (Å²) < 4.78 is 0. The van der Waals surface area contributed by atoms with E-state index in [9.17, 15) is 4.79 Å². The van der Waals surface area contributed by atoms with Gasteiger partial charge in [0.05, 0.1) is 16.4 Å². The predicted octanol–water partition coefficient (Wildman–Crippen LogP) is 3.19. The molecule has 3 aromatic rings. The minimum Gasteiger partial charge on any atom is -0.322 e. The quantitative estimate of drug-likeness (QED) is 0.726. The number of aromatic nitrogens is 3. The zero-order chi connectivity index (χ0) is 18.6. The molecule has 2 amide bonds. The summed E-state index contributed by atoms with van der Waals surface area (Å²) in [5.74, 6) is 0. The monoisotopic (exact) mass is 382 g/mol. The molecule has 2 aromatic heterocycles. The Morgan fingerprint density at radius 2 is 2.11 bits per heavy atom. The van der Waals surface area contributed by atoms with Crippen LogP contribution in [0, 0.1) is 6.92 Å². The Hall–Kier alpha value is -2.71. The van der Waals surface area contributed by atoms with E-state index in [4.69, 9.17) is 0 Å². The minimum absolute atomic E-state index is 0.0547. The molecule has 27 heavy (non-hydrogen) atoms. The average Bonchev–Trinajstić information content (AvgIpc) is 3.35. The van der Waals surface area contributed by atoms with Crippen LogP contribution >= 0.6 is 11.3 Å². The van der Waals surface area contributed by atoms with Gasteiger partial charge in [0.1, 0.15) is 0 Å². The van der Waals surface area contributed by atoms with Crippen molar-refractivity contribution >= 4 is 23.1 Å². The highest BCUT2D eigenvalue weighted by Gasteiger charge is 2.21. The first kappa shape index (κ1) is 17.7. The first-order valence-electron chi connectivity index (χ1n) is 8.96. The number of benzene rings is 1. The number of amides is 2. The number of hydrogen-bond donors (Lipinski definition) is 2. The van der Waals surface area contributed by atoms with E-state index in [1.54, 1.807) is 17.5 Å². The van der Waals surface area contributed by atoms with Gasteiger partial charge in [-0.15, -0.1) is 11.3 Å². The number of carbonyl (C=O) groups is 1. The number of nitrogens with one attached hydrogen (secondary N) is 2. The van der Waals surface area contributed by atoms with Gasteiger partial charge in [0.2, 0.25) is 0 Å². The molecule has 0 bridgehead atoms. The van der Waals surface area contributed by atoms with Gasteiger partial charge < -0.3 is 10.2 Å². The van der Waals surface area contributed by atoms with Gasteiger partial charge in [0, 0.05) is 55.6 Å². The van der Waals surface area contributed by atoms with Gasteiger partial charge in [0.15, 0.2) is 0 Å². The molecule has 0 atom stereocenters. The standard InChI is InChI=1S/C19H22N6OS/c1-14-21-17(13-27-14)12-24-7-9-25(10-8-24)19(26)22-16-4-2-3-15(11-16)18-5-6-20-23-18/h2-6,11,13H,7-10,12H2,1H3,(H,20,23)(H,22,26). The van der Waals surface area contributed by atoms with Crippen molar-refractivity contribution in [2.24, 2.45) is 0 Å². The van der Waals surface area contributed by atoms with Gasteiger partial charge >= 0.3 is 6.03 Å². The van der Waals surface area contributed by atoms with Gasteiger partial charge in [-0.3, -0.25) is 10.00 Å². The molecule has 0 unspecified atom stereocenters. The van der Waals surface area contributed by atoms with Gasteiger partial charge in [-0.05, 0) is 25.1 Å². The number of thiazole rings is 1. The molecule has 0 radical (unpaired) electrons. The van der Waals surface area contributed by atoms with Crippen molar-refractivity contribution in [1.82, 2.24) is 25.0 Å². The molecule has 3 heterocycles. The molecule has 1 fully saturated rings. The molecule has 4 rings (SSSR count). The molecule has 1 aliphatic rings. The van der Waals surface area contributed by atoms with Crippen molar-refractivity contribution in [3.05, 3.63) is 52.6 Å². The maximum Gasteiger partial charge on any atom is 0.321 e. The smallest absolute Gasteiger partial charge is 0.321 e. The van der Waals surface area contributed by atoms with E-state index in [0.717, 1.165) is 60.4 Å². The van der Waals surface area contributed by atoms with E-state index in [1.807, 2.05) is 42.2 Å². The first-order valence-corrected chi connectivity index (χ1v) is 9.84. The molecule has 2 N–H and O–H groups in total. The lowest BCUT2D eigenvalue weighted by molar-refractivity contribution is 0.142. The number of urea groups is 1. The van der Waals surface area contributed by atoms with Crippen LogP contribution in [-0.4, -0.2) is 57.2 Å². The van der Waals surface area contributed by atoms with Crippen LogP contribution in [0.4, 0.5) is 10.5 Å². The normalized spacial score (nSPS) is 15.1. The van der Waals surface area contributed by atoms with E-state index in [1.165, 1.54) is 0 Å². The van der Waals surface area contributed by atoms with Crippen LogP contribution in [-0.2, 0) is 6.54 Å². The van der Waals surface area contributed by atoms with Crippen LogP contribution in [0.1, 0.15) is 10.7 Å². The minimum atomic E-state index is -0.0547. The molecule has 0 aliphatic carbocycles. The summed E-state index contributed by atoms with van der Waals surface area (Å²) >= 11 is 1.68. The van der Waals surface area contributed by atoms with Crippen molar-refractivity contribution < 1.29 is 4.79 Å². The molecule has 7 nitrogen and oxygen atoms in total. The van der Waals surface area contributed by atoms with Crippen LogP contribution in [0.2, 0.25) is 0 Å². The second kappa shape index (κ2) is 7.89. The van der Waals surface area contributed by atoms with Crippen molar-refractivity contribution in [2.45, 2.75) is 13.5 Å². The number of hydrogen-bond acceptors (Lipinski definition) is 5. The molecule has 140 valence electrons. The van der Waals surface area contributed by atoms with E-state index in [0.29, 0.717) is 0 Å². The zero-order valence-electron chi connectivity index (χ0n) is 15.2. The van der Waals surface area contributed by atoms with Crippen molar-refractivity contribution in [3.63, 3.8) is 0 Å². The highest BCUT2D eigenvalue weighted by atomic mass is 32.1. The first-order chi connectivity index (χ1) is 13.2. The Morgan fingerprint density at radius 1 is 1.26 bits per heavy atom. The molecule has 1 aromatic carbocycles. The predicted molar refractivity (Wildman–Crippen MR) is 107 cm³/mol. The zero-order valence-corrected chi connectivity index (χ0v) is 16.0. The fourth-order valence-corrected chi connectivity index (χ4v) is 3.81. The lowest BCUT2D eigenvalue weighted by Crippen LogP contribution is -2.49. The number of anilines is 1. The number of aryl methyl sites for hydroxylation is 1. The Bertz CT molecular complexity index is 899. The molecular weight excluding hydrogens is 360 g/mol. The maximum atomic E-state index is 12.6. The third kappa shape index (κ3) is 4.35. The van der Waals surface area contributed by atoms with E-state index >= 15 is 0 Å². The number of nitrogens with zero attached hydrogens (tertiary/aromatic N) is 4. The number of H-pyrrole nitrogens is 1. The van der Waals surface area contributed by atoms with E-state index in [-0.39, 0.29) is 6.03 Å². The molecule has 0 spiro atoms. The Kier molecular flexibility index (Phi) is 5.17. The summed E-state index contributed by atoms with van der Waals surface area (Å²) in [7, 11) is 0. The van der Waals surface area contributed by atoms with Crippen LogP contribution in [0.3, 0.4) is 0 Å². The lowest BCUT2D eigenvalue weighted by atomic mass is 10.1. The highest BCUT2D eigenvalue weighted by molar-refractivity contribution is 7.09. The summed E-state index contributed by atoms with van der Waals surface area (Å²) in [6.07, 6.45) is 1.72.